The van der Waals surface area contributed by atoms with Crippen molar-refractivity contribution in [2.45, 2.75) is 10.2 Å². The Hall–Kier alpha value is 0.640. The van der Waals surface area contributed by atoms with Crippen molar-refractivity contribution in [3.8, 4) is 0 Å². The number of hydrogen-bond donors (Lipinski definition) is 0. The van der Waals surface area contributed by atoms with Crippen molar-refractivity contribution in [3.63, 3.8) is 0 Å². The van der Waals surface area contributed by atoms with Gasteiger partial charge in [0.2, 0.25) is 5.63 Å². The second kappa shape index (κ2) is 3.57. The SMILES string of the molecule is O=S(=O)(F)OC(Cl)(Cl)C(F)Cl. The Labute approximate surface area is 76.6 Å². The Morgan fingerprint density at radius 1 is 1.45 bits per heavy atom. The van der Waals surface area contributed by atoms with E-state index < -0.39 is 20.7 Å². The molecule has 0 saturated carbocycles. The van der Waals surface area contributed by atoms with Gasteiger partial charge in [0.1, 0.15) is 0 Å². The van der Waals surface area contributed by atoms with Crippen LogP contribution in [0.1, 0.15) is 0 Å². The van der Waals surface area contributed by atoms with Gasteiger partial charge >= 0.3 is 10.5 Å². The topological polar surface area (TPSA) is 43.4 Å². The van der Waals surface area contributed by atoms with Crippen LogP contribution in [-0.4, -0.2) is 18.6 Å². The first kappa shape index (κ1) is 11.6. The summed E-state index contributed by atoms with van der Waals surface area (Å²) in [4.78, 5) is 0. The van der Waals surface area contributed by atoms with E-state index in [9.17, 15) is 16.7 Å². The van der Waals surface area contributed by atoms with E-state index in [1.807, 2.05) is 0 Å². The molecule has 3 nitrogen and oxygen atoms in total. The third-order valence-electron chi connectivity index (χ3n) is 0.465. The van der Waals surface area contributed by atoms with Gasteiger partial charge in [0, 0.05) is 0 Å². The summed E-state index contributed by atoms with van der Waals surface area (Å²) >= 11 is 14.1. The molecule has 0 spiro atoms. The summed E-state index contributed by atoms with van der Waals surface area (Å²) in [5.41, 5.74) is -2.56. The second-order valence-corrected chi connectivity index (χ2v) is 3.99. The molecule has 0 fully saturated rings. The average Bonchev–Trinajstić information content (AvgIpc) is 1.56. The smallest absolute Gasteiger partial charge is 0.224 e. The maximum Gasteiger partial charge on any atom is 0.440 e. The van der Waals surface area contributed by atoms with Crippen molar-refractivity contribution in [2.75, 3.05) is 0 Å². The predicted octanol–water partition coefficient (Wildman–Crippen LogP) is 1.88. The summed E-state index contributed by atoms with van der Waals surface area (Å²) in [6.07, 6.45) is 0. The molecule has 0 amide bonds. The van der Waals surface area contributed by atoms with Gasteiger partial charge in [-0.3, -0.25) is 0 Å². The van der Waals surface area contributed by atoms with E-state index in [0.29, 0.717) is 0 Å². The summed E-state index contributed by atoms with van der Waals surface area (Å²) < 4.78 is 43.2. The Morgan fingerprint density at radius 2 is 1.82 bits per heavy atom. The van der Waals surface area contributed by atoms with Gasteiger partial charge in [-0.05, 0) is 0 Å². The van der Waals surface area contributed by atoms with Crippen LogP contribution < -0.4 is 0 Å². The molecule has 0 N–H and O–H groups in total. The fourth-order valence-corrected chi connectivity index (χ4v) is 1.07. The van der Waals surface area contributed by atoms with Gasteiger partial charge < -0.3 is 0 Å². The van der Waals surface area contributed by atoms with Crippen LogP contribution in [0.15, 0.2) is 0 Å². The minimum Gasteiger partial charge on any atom is -0.224 e. The molecule has 68 valence electrons. The fraction of sp³-hybridized carbons (Fsp3) is 1.00. The lowest BCUT2D eigenvalue weighted by Gasteiger charge is -2.15. The van der Waals surface area contributed by atoms with Gasteiger partial charge in [0.05, 0.1) is 0 Å². The van der Waals surface area contributed by atoms with E-state index in [2.05, 4.69) is 15.8 Å². The van der Waals surface area contributed by atoms with Crippen molar-refractivity contribution in [1.29, 1.82) is 0 Å². The highest BCUT2D eigenvalue weighted by Crippen LogP contribution is 2.33. The third kappa shape index (κ3) is 4.97. The second-order valence-electron chi connectivity index (χ2n) is 1.34. The molecule has 0 aliphatic heterocycles. The molecular formula is C2HCl3F2O3S. The Morgan fingerprint density at radius 3 is 1.91 bits per heavy atom. The quantitative estimate of drug-likeness (QED) is 0.566. The van der Waals surface area contributed by atoms with Crippen molar-refractivity contribution >= 4 is 45.3 Å². The molecule has 0 bridgehead atoms. The monoisotopic (exact) mass is 248 g/mol. The zero-order valence-corrected chi connectivity index (χ0v) is 7.68. The van der Waals surface area contributed by atoms with E-state index in [4.69, 9.17) is 23.2 Å². The minimum absolute atomic E-state index is 2.56. The summed E-state index contributed by atoms with van der Waals surface area (Å²) in [6, 6.07) is 0. The molecule has 0 aromatic heterocycles. The molecule has 0 radical (unpaired) electrons. The first-order valence-corrected chi connectivity index (χ1v) is 4.46. The highest BCUT2D eigenvalue weighted by molar-refractivity contribution is 7.81. The van der Waals surface area contributed by atoms with Gasteiger partial charge in [0.15, 0.2) is 0 Å². The van der Waals surface area contributed by atoms with Crippen LogP contribution in [0, 0.1) is 0 Å². The molecular weight excluding hydrogens is 248 g/mol. The molecule has 0 aromatic carbocycles. The highest BCUT2D eigenvalue weighted by atomic mass is 35.5. The lowest BCUT2D eigenvalue weighted by atomic mass is 10.8. The van der Waals surface area contributed by atoms with Crippen molar-refractivity contribution < 1.29 is 20.9 Å². The number of rotatable bonds is 3. The number of hydrogen-bond acceptors (Lipinski definition) is 3. The van der Waals surface area contributed by atoms with Crippen molar-refractivity contribution in [1.82, 2.24) is 0 Å². The van der Waals surface area contributed by atoms with Crippen LogP contribution in [0.3, 0.4) is 0 Å². The molecule has 0 heterocycles. The lowest BCUT2D eigenvalue weighted by molar-refractivity contribution is 0.172. The largest absolute Gasteiger partial charge is 0.440 e. The van der Waals surface area contributed by atoms with Gasteiger partial charge in [0.25, 0.3) is 4.52 Å². The Balaban J connectivity index is 4.38. The first-order chi connectivity index (χ1) is 4.65. The fourth-order valence-electron chi connectivity index (χ4n) is 0.169. The molecule has 0 aliphatic carbocycles. The van der Waals surface area contributed by atoms with Gasteiger partial charge in [-0.25, -0.2) is 8.57 Å². The van der Waals surface area contributed by atoms with Crippen LogP contribution in [0.2, 0.25) is 0 Å². The maximum absolute atomic E-state index is 12.0. The van der Waals surface area contributed by atoms with E-state index in [-0.39, 0.29) is 0 Å². The molecule has 11 heavy (non-hydrogen) atoms. The first-order valence-electron chi connectivity index (χ1n) is 1.96. The normalized spacial score (nSPS) is 16.5. The van der Waals surface area contributed by atoms with E-state index in [0.717, 1.165) is 0 Å². The van der Waals surface area contributed by atoms with Crippen LogP contribution in [0.4, 0.5) is 8.28 Å². The zero-order valence-electron chi connectivity index (χ0n) is 4.60. The van der Waals surface area contributed by atoms with Crippen LogP contribution in [0.5, 0.6) is 0 Å². The Kier molecular flexibility index (Phi) is 3.78. The molecule has 0 aliphatic rings. The van der Waals surface area contributed by atoms with Crippen LogP contribution in [0.25, 0.3) is 0 Å². The molecule has 1 unspecified atom stereocenters. The van der Waals surface area contributed by atoms with Gasteiger partial charge in [-0.2, -0.15) is 8.42 Å². The summed E-state index contributed by atoms with van der Waals surface area (Å²) in [7, 11) is -5.42. The standard InChI is InChI=1S/C2HCl3F2O3S/c3-1(6)2(4,5)10-11(7,8)9/h1H. The highest BCUT2D eigenvalue weighted by Gasteiger charge is 2.40. The Bertz CT molecular complexity index is 225. The van der Waals surface area contributed by atoms with E-state index >= 15 is 0 Å². The van der Waals surface area contributed by atoms with Crippen LogP contribution >= 0.6 is 34.8 Å². The minimum atomic E-state index is -5.42. The predicted molar refractivity (Wildman–Crippen MR) is 36.3 cm³/mol. The molecule has 9 heteroatoms. The summed E-state index contributed by atoms with van der Waals surface area (Å²) in [5.74, 6) is 0. The lowest BCUT2D eigenvalue weighted by Crippen LogP contribution is -2.28. The molecule has 1 atom stereocenters. The molecule has 0 rings (SSSR count). The number of halogens is 5. The maximum atomic E-state index is 12.0. The van der Waals surface area contributed by atoms with Gasteiger partial charge in [-0.15, -0.1) is 0 Å². The van der Waals surface area contributed by atoms with E-state index in [1.165, 1.54) is 0 Å². The molecule has 0 aromatic rings. The zero-order chi connectivity index (χ0) is 9.28. The van der Waals surface area contributed by atoms with Crippen molar-refractivity contribution in [2.24, 2.45) is 0 Å². The summed E-state index contributed by atoms with van der Waals surface area (Å²) in [5, 5.41) is 0. The van der Waals surface area contributed by atoms with Crippen molar-refractivity contribution in [3.05, 3.63) is 0 Å². The third-order valence-corrected chi connectivity index (χ3v) is 2.18. The average molecular weight is 249 g/mol. The van der Waals surface area contributed by atoms with Gasteiger partial charge in [-0.1, -0.05) is 38.7 Å². The number of alkyl halides is 4. The van der Waals surface area contributed by atoms with Crippen LogP contribution in [-0.2, 0) is 14.7 Å². The van der Waals surface area contributed by atoms with E-state index in [1.54, 1.807) is 0 Å². The molecule has 0 saturated heterocycles. The summed E-state index contributed by atoms with van der Waals surface area (Å²) in [6.45, 7) is 0.